The molecule has 116 valence electrons. The summed E-state index contributed by atoms with van der Waals surface area (Å²) in [6.45, 7) is 3.75. The van der Waals surface area contributed by atoms with E-state index in [1.54, 1.807) is 6.20 Å². The molecule has 3 heterocycles. The van der Waals surface area contributed by atoms with Crippen LogP contribution in [-0.2, 0) is 18.6 Å². The van der Waals surface area contributed by atoms with Crippen LogP contribution >= 0.6 is 0 Å². The SMILES string of the molecule is CC(Cn1ccnn1)(Cn1ccc2ccccc21)n1ccnc1. The number of nitrogens with zero attached hydrogens (tertiary/aromatic N) is 6. The van der Waals surface area contributed by atoms with Crippen LogP contribution in [0.1, 0.15) is 6.92 Å². The van der Waals surface area contributed by atoms with Gasteiger partial charge in [0.15, 0.2) is 0 Å². The second-order valence-electron chi connectivity index (χ2n) is 6.07. The van der Waals surface area contributed by atoms with Crippen LogP contribution in [0.3, 0.4) is 0 Å². The minimum atomic E-state index is -0.202. The summed E-state index contributed by atoms with van der Waals surface area (Å²) in [6.07, 6.45) is 11.4. The van der Waals surface area contributed by atoms with Crippen molar-refractivity contribution in [2.75, 3.05) is 0 Å². The first-order chi connectivity index (χ1) is 11.2. The number of hydrogen-bond donors (Lipinski definition) is 0. The maximum Gasteiger partial charge on any atom is 0.0952 e. The van der Waals surface area contributed by atoms with Crippen LogP contribution in [0.25, 0.3) is 10.9 Å². The van der Waals surface area contributed by atoms with Crippen molar-refractivity contribution < 1.29 is 0 Å². The second kappa shape index (κ2) is 5.39. The van der Waals surface area contributed by atoms with Crippen LogP contribution in [0.4, 0.5) is 0 Å². The fraction of sp³-hybridized carbons (Fsp3) is 0.235. The molecule has 23 heavy (non-hydrogen) atoms. The summed E-state index contributed by atoms with van der Waals surface area (Å²) < 4.78 is 6.29. The zero-order chi connectivity index (χ0) is 15.7. The van der Waals surface area contributed by atoms with E-state index in [9.17, 15) is 0 Å². The van der Waals surface area contributed by atoms with Crippen LogP contribution in [0.15, 0.2) is 67.6 Å². The summed E-state index contributed by atoms with van der Waals surface area (Å²) in [5.74, 6) is 0. The first-order valence-electron chi connectivity index (χ1n) is 7.61. The summed E-state index contributed by atoms with van der Waals surface area (Å²) >= 11 is 0. The standard InChI is InChI=1S/C17H18N6/c1-17(22-10-7-18-14-22,13-23-11-8-19-20-23)12-21-9-6-15-4-2-3-5-16(15)21/h2-11,14H,12-13H2,1H3. The first-order valence-corrected chi connectivity index (χ1v) is 7.61. The van der Waals surface area contributed by atoms with Crippen LogP contribution < -0.4 is 0 Å². The highest BCUT2D eigenvalue weighted by atomic mass is 15.4. The Morgan fingerprint density at radius 2 is 1.91 bits per heavy atom. The van der Waals surface area contributed by atoms with Crippen molar-refractivity contribution in [2.24, 2.45) is 0 Å². The predicted molar refractivity (Wildman–Crippen MR) is 87.8 cm³/mol. The normalized spacial score (nSPS) is 14.1. The van der Waals surface area contributed by atoms with Gasteiger partial charge in [-0.05, 0) is 24.4 Å². The molecule has 0 saturated carbocycles. The van der Waals surface area contributed by atoms with Crippen molar-refractivity contribution in [2.45, 2.75) is 25.6 Å². The first kappa shape index (κ1) is 13.8. The molecule has 0 aliphatic rings. The number of hydrogen-bond acceptors (Lipinski definition) is 3. The van der Waals surface area contributed by atoms with Crippen LogP contribution in [0, 0.1) is 0 Å². The Balaban J connectivity index is 1.73. The Labute approximate surface area is 134 Å². The number of fused-ring (bicyclic) bond motifs is 1. The molecule has 4 rings (SSSR count). The second-order valence-corrected chi connectivity index (χ2v) is 6.07. The van der Waals surface area contributed by atoms with E-state index in [1.807, 2.05) is 29.6 Å². The van der Waals surface area contributed by atoms with Crippen molar-refractivity contribution in [3.8, 4) is 0 Å². The lowest BCUT2D eigenvalue weighted by Crippen LogP contribution is -2.38. The van der Waals surface area contributed by atoms with Gasteiger partial charge >= 0.3 is 0 Å². The van der Waals surface area contributed by atoms with Crippen molar-refractivity contribution in [3.63, 3.8) is 0 Å². The summed E-state index contributed by atoms with van der Waals surface area (Å²) in [7, 11) is 0. The lowest BCUT2D eigenvalue weighted by Gasteiger charge is -2.31. The predicted octanol–water partition coefficient (Wildman–Crippen LogP) is 2.54. The van der Waals surface area contributed by atoms with Crippen molar-refractivity contribution in [1.82, 2.24) is 29.1 Å². The third kappa shape index (κ3) is 2.52. The van der Waals surface area contributed by atoms with Gasteiger partial charge < -0.3 is 9.13 Å². The van der Waals surface area contributed by atoms with Gasteiger partial charge in [-0.2, -0.15) is 0 Å². The fourth-order valence-electron chi connectivity index (χ4n) is 3.10. The molecule has 1 unspecified atom stereocenters. The molecule has 3 aromatic heterocycles. The molecule has 6 nitrogen and oxygen atoms in total. The Bertz CT molecular complexity index is 890. The Kier molecular flexibility index (Phi) is 3.22. The van der Waals surface area contributed by atoms with E-state index in [1.165, 1.54) is 10.9 Å². The Morgan fingerprint density at radius 3 is 2.70 bits per heavy atom. The van der Waals surface area contributed by atoms with Crippen LogP contribution in [-0.4, -0.2) is 29.1 Å². The molecule has 0 aliphatic heterocycles. The van der Waals surface area contributed by atoms with E-state index >= 15 is 0 Å². The summed E-state index contributed by atoms with van der Waals surface area (Å²) in [6, 6.07) is 10.6. The molecule has 0 bridgehead atoms. The van der Waals surface area contributed by atoms with E-state index in [0.717, 1.165) is 13.1 Å². The molecule has 0 saturated heterocycles. The minimum Gasteiger partial charge on any atom is -0.345 e. The number of rotatable bonds is 5. The average molecular weight is 306 g/mol. The number of benzene rings is 1. The van der Waals surface area contributed by atoms with Crippen LogP contribution in [0.5, 0.6) is 0 Å². The van der Waals surface area contributed by atoms with E-state index in [0.29, 0.717) is 0 Å². The molecule has 6 heteroatoms. The summed E-state index contributed by atoms with van der Waals surface area (Å²) in [5.41, 5.74) is 1.03. The topological polar surface area (TPSA) is 53.5 Å². The van der Waals surface area contributed by atoms with Crippen LogP contribution in [0.2, 0.25) is 0 Å². The third-order valence-corrected chi connectivity index (χ3v) is 4.29. The van der Waals surface area contributed by atoms with E-state index < -0.39 is 0 Å². The minimum absolute atomic E-state index is 0.202. The molecule has 1 atom stereocenters. The highest BCUT2D eigenvalue weighted by molar-refractivity contribution is 5.79. The summed E-state index contributed by atoms with van der Waals surface area (Å²) in [4.78, 5) is 4.22. The molecular formula is C17H18N6. The van der Waals surface area contributed by atoms with E-state index in [-0.39, 0.29) is 5.54 Å². The van der Waals surface area contributed by atoms with E-state index in [2.05, 4.69) is 67.9 Å². The Morgan fingerprint density at radius 1 is 1.00 bits per heavy atom. The molecule has 0 fully saturated rings. The zero-order valence-corrected chi connectivity index (χ0v) is 12.9. The molecule has 4 aromatic rings. The van der Waals surface area contributed by atoms with Gasteiger partial charge in [0.25, 0.3) is 0 Å². The van der Waals surface area contributed by atoms with Crippen molar-refractivity contribution >= 4 is 10.9 Å². The highest BCUT2D eigenvalue weighted by Crippen LogP contribution is 2.24. The summed E-state index contributed by atoms with van der Waals surface area (Å²) in [5, 5.41) is 9.29. The number of imidazole rings is 1. The zero-order valence-electron chi connectivity index (χ0n) is 12.9. The molecule has 1 aromatic carbocycles. The maximum atomic E-state index is 4.22. The van der Waals surface area contributed by atoms with Gasteiger partial charge in [-0.15, -0.1) is 5.10 Å². The number of para-hydroxylation sites is 1. The van der Waals surface area contributed by atoms with Gasteiger partial charge in [0.2, 0.25) is 0 Å². The van der Waals surface area contributed by atoms with Gasteiger partial charge in [0.05, 0.1) is 24.6 Å². The van der Waals surface area contributed by atoms with Crippen molar-refractivity contribution in [3.05, 3.63) is 67.6 Å². The van der Waals surface area contributed by atoms with Gasteiger partial charge in [-0.1, -0.05) is 23.4 Å². The molecular weight excluding hydrogens is 288 g/mol. The monoisotopic (exact) mass is 306 g/mol. The van der Waals surface area contributed by atoms with Crippen molar-refractivity contribution in [1.29, 1.82) is 0 Å². The Hall–Kier alpha value is -2.89. The van der Waals surface area contributed by atoms with Gasteiger partial charge in [0, 0.05) is 36.8 Å². The lowest BCUT2D eigenvalue weighted by atomic mass is 10.0. The van der Waals surface area contributed by atoms with Gasteiger partial charge in [0.1, 0.15) is 0 Å². The fourth-order valence-corrected chi connectivity index (χ4v) is 3.10. The lowest BCUT2D eigenvalue weighted by molar-refractivity contribution is 0.221. The molecule has 0 spiro atoms. The van der Waals surface area contributed by atoms with Gasteiger partial charge in [-0.25, -0.2) is 4.98 Å². The maximum absolute atomic E-state index is 4.22. The third-order valence-electron chi connectivity index (χ3n) is 4.29. The molecule has 0 amide bonds. The highest BCUT2D eigenvalue weighted by Gasteiger charge is 2.28. The number of aromatic nitrogens is 6. The quantitative estimate of drug-likeness (QED) is 0.569. The molecule has 0 N–H and O–H groups in total. The largest absolute Gasteiger partial charge is 0.345 e. The molecule has 0 radical (unpaired) electrons. The molecule has 0 aliphatic carbocycles. The smallest absolute Gasteiger partial charge is 0.0952 e. The van der Waals surface area contributed by atoms with E-state index in [4.69, 9.17) is 0 Å². The average Bonchev–Trinajstić information content (AvgIpc) is 3.29. The van der Waals surface area contributed by atoms with Gasteiger partial charge in [-0.3, -0.25) is 4.68 Å².